The quantitative estimate of drug-likeness (QED) is 0.516. The first-order valence-corrected chi connectivity index (χ1v) is 3.51. The summed E-state index contributed by atoms with van der Waals surface area (Å²) >= 11 is 5.58. The van der Waals surface area contributed by atoms with E-state index >= 15 is 0 Å². The molecule has 0 aliphatic heterocycles. The van der Waals surface area contributed by atoms with Crippen LogP contribution < -0.4 is 0 Å². The molecule has 0 aromatic carbocycles. The Kier molecular flexibility index (Phi) is 2.12. The molecular formula is C7H8ClNO. The highest BCUT2D eigenvalue weighted by atomic mass is 35.5. The van der Waals surface area contributed by atoms with Crippen LogP contribution in [0.5, 0.6) is 0 Å². The SMILES string of the molecule is Cc1c[nH]c(C=O)c1CCl. The third kappa shape index (κ3) is 1.07. The zero-order chi connectivity index (χ0) is 7.56. The van der Waals surface area contributed by atoms with Crippen molar-refractivity contribution in [3.63, 3.8) is 0 Å². The summed E-state index contributed by atoms with van der Waals surface area (Å²) < 4.78 is 0. The van der Waals surface area contributed by atoms with Gasteiger partial charge in [-0.2, -0.15) is 0 Å². The lowest BCUT2D eigenvalue weighted by atomic mass is 10.2. The van der Waals surface area contributed by atoms with Crippen LogP contribution in [0, 0.1) is 6.92 Å². The number of carbonyl (C=O) groups is 1. The average molecular weight is 158 g/mol. The Hall–Kier alpha value is -0.760. The summed E-state index contributed by atoms with van der Waals surface area (Å²) in [5.74, 6) is 0.392. The van der Waals surface area contributed by atoms with Crippen LogP contribution in [0.2, 0.25) is 0 Å². The van der Waals surface area contributed by atoms with Gasteiger partial charge in [0.25, 0.3) is 0 Å². The van der Waals surface area contributed by atoms with Crippen LogP contribution in [0.25, 0.3) is 0 Å². The van der Waals surface area contributed by atoms with Gasteiger partial charge in [-0.25, -0.2) is 0 Å². The first-order valence-electron chi connectivity index (χ1n) is 2.97. The van der Waals surface area contributed by atoms with E-state index in [1.807, 2.05) is 6.92 Å². The van der Waals surface area contributed by atoms with Crippen molar-refractivity contribution in [1.82, 2.24) is 4.98 Å². The Morgan fingerprint density at radius 3 is 2.90 bits per heavy atom. The molecule has 0 aliphatic rings. The topological polar surface area (TPSA) is 32.9 Å². The number of alkyl halides is 1. The van der Waals surface area contributed by atoms with Crippen LogP contribution in [-0.2, 0) is 5.88 Å². The number of nitrogens with one attached hydrogen (secondary N) is 1. The van der Waals surface area contributed by atoms with Crippen LogP contribution in [0.1, 0.15) is 21.6 Å². The second kappa shape index (κ2) is 2.88. The van der Waals surface area contributed by atoms with Gasteiger partial charge in [0, 0.05) is 12.1 Å². The Morgan fingerprint density at radius 1 is 1.80 bits per heavy atom. The third-order valence-corrected chi connectivity index (χ3v) is 1.76. The summed E-state index contributed by atoms with van der Waals surface area (Å²) in [6.07, 6.45) is 2.56. The molecule has 0 atom stereocenters. The van der Waals surface area contributed by atoms with Crippen molar-refractivity contribution in [3.05, 3.63) is 23.0 Å². The van der Waals surface area contributed by atoms with E-state index in [1.165, 1.54) is 0 Å². The molecule has 1 heterocycles. The van der Waals surface area contributed by atoms with E-state index in [-0.39, 0.29) is 0 Å². The van der Waals surface area contributed by atoms with E-state index in [0.717, 1.165) is 17.4 Å². The van der Waals surface area contributed by atoms with Crippen LogP contribution in [0.4, 0.5) is 0 Å². The average Bonchev–Trinajstić information content (AvgIpc) is 2.30. The third-order valence-electron chi connectivity index (χ3n) is 1.50. The Balaban J connectivity index is 3.12. The summed E-state index contributed by atoms with van der Waals surface area (Å²) in [7, 11) is 0. The second-order valence-electron chi connectivity index (χ2n) is 2.12. The lowest BCUT2D eigenvalue weighted by molar-refractivity contribution is 0.111. The van der Waals surface area contributed by atoms with E-state index in [9.17, 15) is 4.79 Å². The number of hydrogen-bond donors (Lipinski definition) is 1. The molecule has 2 nitrogen and oxygen atoms in total. The molecule has 1 aromatic heterocycles. The molecule has 0 fully saturated rings. The van der Waals surface area contributed by atoms with Gasteiger partial charge in [0.05, 0.1) is 5.69 Å². The van der Waals surface area contributed by atoms with Gasteiger partial charge in [-0.05, 0) is 18.1 Å². The van der Waals surface area contributed by atoms with E-state index in [4.69, 9.17) is 11.6 Å². The van der Waals surface area contributed by atoms with Gasteiger partial charge >= 0.3 is 0 Å². The summed E-state index contributed by atoms with van der Waals surface area (Å²) in [5, 5.41) is 0. The molecular weight excluding hydrogens is 150 g/mol. The van der Waals surface area contributed by atoms with Crippen LogP contribution in [0.3, 0.4) is 0 Å². The number of halogens is 1. The highest BCUT2D eigenvalue weighted by molar-refractivity contribution is 6.17. The van der Waals surface area contributed by atoms with Gasteiger partial charge in [0.1, 0.15) is 0 Å². The monoisotopic (exact) mass is 157 g/mol. The number of rotatable bonds is 2. The molecule has 54 valence electrons. The maximum atomic E-state index is 10.3. The molecule has 0 radical (unpaired) electrons. The molecule has 0 saturated carbocycles. The van der Waals surface area contributed by atoms with Gasteiger partial charge in [-0.3, -0.25) is 4.79 Å². The number of carbonyl (C=O) groups excluding carboxylic acids is 1. The first kappa shape index (κ1) is 7.35. The summed E-state index contributed by atoms with van der Waals surface area (Å²) in [6.45, 7) is 1.92. The lowest BCUT2D eigenvalue weighted by Crippen LogP contribution is -1.85. The number of aryl methyl sites for hydroxylation is 1. The molecule has 1 N–H and O–H groups in total. The van der Waals surface area contributed by atoms with Crippen molar-refractivity contribution in [3.8, 4) is 0 Å². The van der Waals surface area contributed by atoms with Gasteiger partial charge in [-0.1, -0.05) is 0 Å². The minimum atomic E-state index is 0.392. The minimum absolute atomic E-state index is 0.392. The largest absolute Gasteiger partial charge is 0.358 e. The smallest absolute Gasteiger partial charge is 0.166 e. The van der Waals surface area contributed by atoms with E-state index in [0.29, 0.717) is 11.6 Å². The first-order chi connectivity index (χ1) is 4.79. The molecule has 1 aromatic rings. The lowest BCUT2D eigenvalue weighted by Gasteiger charge is -1.91. The predicted molar refractivity (Wildman–Crippen MR) is 40.5 cm³/mol. The number of hydrogen-bond acceptors (Lipinski definition) is 1. The Labute approximate surface area is 64.2 Å². The van der Waals surface area contributed by atoms with Gasteiger partial charge < -0.3 is 4.98 Å². The van der Waals surface area contributed by atoms with Gasteiger partial charge in [0.15, 0.2) is 6.29 Å². The molecule has 0 saturated heterocycles. The zero-order valence-electron chi connectivity index (χ0n) is 5.65. The molecule has 3 heteroatoms. The molecule has 10 heavy (non-hydrogen) atoms. The number of aldehydes is 1. The highest BCUT2D eigenvalue weighted by Gasteiger charge is 2.04. The summed E-state index contributed by atoms with van der Waals surface area (Å²) in [4.78, 5) is 13.1. The minimum Gasteiger partial charge on any atom is -0.358 e. The molecule has 0 unspecified atom stereocenters. The predicted octanol–water partition coefficient (Wildman–Crippen LogP) is 1.87. The van der Waals surface area contributed by atoms with E-state index in [2.05, 4.69) is 4.98 Å². The molecule has 0 spiro atoms. The van der Waals surface area contributed by atoms with Crippen molar-refractivity contribution < 1.29 is 4.79 Å². The maximum Gasteiger partial charge on any atom is 0.166 e. The Morgan fingerprint density at radius 2 is 2.50 bits per heavy atom. The Bertz CT molecular complexity index is 242. The normalized spacial score (nSPS) is 9.80. The molecule has 0 amide bonds. The van der Waals surface area contributed by atoms with Crippen molar-refractivity contribution >= 4 is 17.9 Å². The maximum absolute atomic E-state index is 10.3. The van der Waals surface area contributed by atoms with Crippen molar-refractivity contribution in [2.75, 3.05) is 0 Å². The second-order valence-corrected chi connectivity index (χ2v) is 2.38. The van der Waals surface area contributed by atoms with Crippen molar-refractivity contribution in [2.24, 2.45) is 0 Å². The number of H-pyrrole nitrogens is 1. The molecule has 0 aliphatic carbocycles. The van der Waals surface area contributed by atoms with Gasteiger partial charge in [-0.15, -0.1) is 11.6 Å². The van der Waals surface area contributed by atoms with Crippen molar-refractivity contribution in [1.29, 1.82) is 0 Å². The van der Waals surface area contributed by atoms with Crippen molar-refractivity contribution in [2.45, 2.75) is 12.8 Å². The van der Waals surface area contributed by atoms with E-state index in [1.54, 1.807) is 6.20 Å². The molecule has 1 rings (SSSR count). The summed E-state index contributed by atoms with van der Waals surface area (Å²) in [5.41, 5.74) is 2.53. The number of aromatic nitrogens is 1. The fourth-order valence-electron chi connectivity index (χ4n) is 0.855. The van der Waals surface area contributed by atoms with Crippen LogP contribution >= 0.6 is 11.6 Å². The number of aromatic amines is 1. The summed E-state index contributed by atoms with van der Waals surface area (Å²) in [6, 6.07) is 0. The zero-order valence-corrected chi connectivity index (χ0v) is 6.40. The van der Waals surface area contributed by atoms with Crippen LogP contribution in [-0.4, -0.2) is 11.3 Å². The fourth-order valence-corrected chi connectivity index (χ4v) is 1.21. The van der Waals surface area contributed by atoms with Crippen LogP contribution in [0.15, 0.2) is 6.20 Å². The van der Waals surface area contributed by atoms with E-state index < -0.39 is 0 Å². The fraction of sp³-hybridized carbons (Fsp3) is 0.286. The van der Waals surface area contributed by atoms with Gasteiger partial charge in [0.2, 0.25) is 0 Å². The highest BCUT2D eigenvalue weighted by Crippen LogP contribution is 2.13. The molecule has 0 bridgehead atoms. The standard InChI is InChI=1S/C7H8ClNO/c1-5-3-9-7(4-10)6(5)2-8/h3-4,9H,2H2,1H3.